The van der Waals surface area contributed by atoms with Crippen molar-refractivity contribution in [3.8, 4) is 22.6 Å². The maximum absolute atomic E-state index is 12.2. The third kappa shape index (κ3) is 4.73. The van der Waals surface area contributed by atoms with Crippen molar-refractivity contribution in [2.24, 2.45) is 5.10 Å². The molecule has 4 aromatic carbocycles. The van der Waals surface area contributed by atoms with Crippen LogP contribution in [0, 0.1) is 0 Å². The highest BCUT2D eigenvalue weighted by atomic mass is 16.5. The van der Waals surface area contributed by atoms with Gasteiger partial charge >= 0.3 is 0 Å². The molecule has 0 radical (unpaired) electrons. The topological polar surface area (TPSA) is 59.9 Å². The first-order valence-corrected chi connectivity index (χ1v) is 9.91. The summed E-state index contributed by atoms with van der Waals surface area (Å²) >= 11 is 0. The van der Waals surface area contributed by atoms with Crippen LogP contribution in [-0.4, -0.2) is 25.8 Å². The van der Waals surface area contributed by atoms with Crippen LogP contribution in [0.3, 0.4) is 0 Å². The van der Waals surface area contributed by atoms with Gasteiger partial charge in [0.1, 0.15) is 11.5 Å². The number of hydrogen-bond donors (Lipinski definition) is 1. The number of benzene rings is 4. The third-order valence-electron chi connectivity index (χ3n) is 4.86. The zero-order chi connectivity index (χ0) is 21.5. The summed E-state index contributed by atoms with van der Waals surface area (Å²) in [6.45, 7) is -0.134. The maximum Gasteiger partial charge on any atom is 0.277 e. The molecule has 0 heterocycles. The highest BCUT2D eigenvalue weighted by Gasteiger charge is 2.08. The van der Waals surface area contributed by atoms with E-state index in [1.165, 1.54) is 0 Å². The first kappa shape index (κ1) is 20.2. The number of methoxy groups -OCH3 is 1. The number of carbonyl (C=O) groups excluding carboxylic acids is 1. The Morgan fingerprint density at radius 1 is 0.839 bits per heavy atom. The second-order valence-corrected chi connectivity index (χ2v) is 6.85. The van der Waals surface area contributed by atoms with E-state index in [0.29, 0.717) is 5.75 Å². The largest absolute Gasteiger partial charge is 0.496 e. The van der Waals surface area contributed by atoms with Crippen LogP contribution in [0.2, 0.25) is 0 Å². The first-order chi connectivity index (χ1) is 15.3. The number of para-hydroxylation sites is 1. The van der Waals surface area contributed by atoms with Crippen LogP contribution in [0.15, 0.2) is 96.1 Å². The quantitative estimate of drug-likeness (QED) is 0.343. The number of carbonyl (C=O) groups is 1. The molecule has 0 fully saturated rings. The summed E-state index contributed by atoms with van der Waals surface area (Å²) in [5, 5.41) is 6.08. The second kappa shape index (κ2) is 9.59. The van der Waals surface area contributed by atoms with Crippen LogP contribution in [0.25, 0.3) is 21.9 Å². The molecule has 5 nitrogen and oxygen atoms in total. The first-order valence-electron chi connectivity index (χ1n) is 9.91. The lowest BCUT2D eigenvalue weighted by atomic mass is 10.0. The molecule has 4 aromatic rings. The Bertz CT molecular complexity index is 1220. The van der Waals surface area contributed by atoms with Gasteiger partial charge in [0.05, 0.1) is 13.3 Å². The van der Waals surface area contributed by atoms with Crippen LogP contribution in [-0.2, 0) is 4.79 Å². The number of rotatable bonds is 7. The van der Waals surface area contributed by atoms with Gasteiger partial charge in [0.2, 0.25) is 0 Å². The van der Waals surface area contributed by atoms with Gasteiger partial charge in [-0.05, 0) is 29.1 Å². The number of nitrogens with zero attached hydrogens (tertiary/aromatic N) is 1. The smallest absolute Gasteiger partial charge is 0.277 e. The number of ether oxygens (including phenoxy) is 2. The van der Waals surface area contributed by atoms with Crippen LogP contribution < -0.4 is 14.9 Å². The Hall–Kier alpha value is -4.12. The van der Waals surface area contributed by atoms with E-state index in [1.54, 1.807) is 13.3 Å². The van der Waals surface area contributed by atoms with Crippen molar-refractivity contribution < 1.29 is 14.3 Å². The van der Waals surface area contributed by atoms with Crippen molar-refractivity contribution in [1.29, 1.82) is 0 Å². The van der Waals surface area contributed by atoms with E-state index in [1.807, 2.05) is 91.0 Å². The molecule has 0 aliphatic heterocycles. The number of fused-ring (bicyclic) bond motifs is 1. The van der Waals surface area contributed by atoms with Crippen LogP contribution in [0.5, 0.6) is 11.5 Å². The number of nitrogens with one attached hydrogen (secondary N) is 1. The zero-order valence-electron chi connectivity index (χ0n) is 17.1. The van der Waals surface area contributed by atoms with Gasteiger partial charge in [-0.2, -0.15) is 5.10 Å². The molecule has 154 valence electrons. The van der Waals surface area contributed by atoms with E-state index in [9.17, 15) is 4.79 Å². The van der Waals surface area contributed by atoms with Gasteiger partial charge in [-0.25, -0.2) is 5.43 Å². The van der Waals surface area contributed by atoms with E-state index >= 15 is 0 Å². The lowest BCUT2D eigenvalue weighted by Gasteiger charge is -2.11. The Kier molecular flexibility index (Phi) is 6.24. The molecule has 4 rings (SSSR count). The van der Waals surface area contributed by atoms with Gasteiger partial charge < -0.3 is 9.47 Å². The predicted octanol–water partition coefficient (Wildman–Crippen LogP) is 5.04. The van der Waals surface area contributed by atoms with Crippen LogP contribution >= 0.6 is 0 Å². The number of hydrazone groups is 1. The standard InChI is InChI=1S/C26H22N2O3/c1-30-24-16-15-20(21-11-5-6-13-23(21)24)17-27-28-26(29)18-31-25-14-8-7-12-22(25)19-9-3-2-4-10-19/h2-17H,18H2,1H3,(H,28,29)/b27-17+. The third-order valence-corrected chi connectivity index (χ3v) is 4.86. The van der Waals surface area contributed by atoms with Crippen molar-refractivity contribution in [2.75, 3.05) is 13.7 Å². The molecule has 0 bridgehead atoms. The van der Waals surface area contributed by atoms with Crippen molar-refractivity contribution in [3.63, 3.8) is 0 Å². The van der Waals surface area contributed by atoms with E-state index in [2.05, 4.69) is 10.5 Å². The molecule has 31 heavy (non-hydrogen) atoms. The normalized spacial score (nSPS) is 10.9. The predicted molar refractivity (Wildman–Crippen MR) is 124 cm³/mol. The molecular formula is C26H22N2O3. The lowest BCUT2D eigenvalue weighted by molar-refractivity contribution is -0.123. The minimum absolute atomic E-state index is 0.134. The molecule has 0 aliphatic carbocycles. The highest BCUT2D eigenvalue weighted by molar-refractivity contribution is 6.02. The Morgan fingerprint density at radius 3 is 2.35 bits per heavy atom. The van der Waals surface area contributed by atoms with Crippen LogP contribution in [0.4, 0.5) is 0 Å². The molecule has 0 saturated carbocycles. The molecule has 0 aromatic heterocycles. The minimum atomic E-state index is -0.336. The minimum Gasteiger partial charge on any atom is -0.496 e. The van der Waals surface area contributed by atoms with Crippen molar-refractivity contribution >= 4 is 22.9 Å². The molecule has 1 amide bonds. The van der Waals surface area contributed by atoms with Crippen LogP contribution in [0.1, 0.15) is 5.56 Å². The van der Waals surface area contributed by atoms with Gasteiger partial charge in [-0.3, -0.25) is 4.79 Å². The summed E-state index contributed by atoms with van der Waals surface area (Å²) in [5.74, 6) is 1.10. The Morgan fingerprint density at radius 2 is 1.55 bits per heavy atom. The summed E-state index contributed by atoms with van der Waals surface area (Å²) in [4.78, 5) is 12.2. The zero-order valence-corrected chi connectivity index (χ0v) is 17.1. The average Bonchev–Trinajstić information content (AvgIpc) is 2.83. The molecule has 1 N–H and O–H groups in total. The molecule has 5 heteroatoms. The van der Waals surface area contributed by atoms with Crippen molar-refractivity contribution in [1.82, 2.24) is 5.43 Å². The fourth-order valence-electron chi connectivity index (χ4n) is 3.38. The monoisotopic (exact) mass is 410 g/mol. The Labute approximate surface area is 180 Å². The summed E-state index contributed by atoms with van der Waals surface area (Å²) < 4.78 is 11.2. The fraction of sp³-hybridized carbons (Fsp3) is 0.0769. The summed E-state index contributed by atoms with van der Waals surface area (Å²) in [6, 6.07) is 29.2. The van der Waals surface area contributed by atoms with E-state index in [0.717, 1.165) is 33.2 Å². The van der Waals surface area contributed by atoms with Gasteiger partial charge in [0.25, 0.3) is 5.91 Å². The lowest BCUT2D eigenvalue weighted by Crippen LogP contribution is -2.24. The van der Waals surface area contributed by atoms with Gasteiger partial charge in [-0.15, -0.1) is 0 Å². The van der Waals surface area contributed by atoms with E-state index < -0.39 is 0 Å². The molecular weight excluding hydrogens is 388 g/mol. The van der Waals surface area contributed by atoms with Crippen molar-refractivity contribution in [2.45, 2.75) is 0 Å². The SMILES string of the molecule is COc1ccc(/C=N/NC(=O)COc2ccccc2-c2ccccc2)c2ccccc12. The fourth-order valence-corrected chi connectivity index (χ4v) is 3.38. The van der Waals surface area contributed by atoms with E-state index in [4.69, 9.17) is 9.47 Å². The van der Waals surface area contributed by atoms with E-state index in [-0.39, 0.29) is 12.5 Å². The van der Waals surface area contributed by atoms with Gasteiger partial charge in [0.15, 0.2) is 6.61 Å². The second-order valence-electron chi connectivity index (χ2n) is 6.85. The molecule has 0 saturated heterocycles. The Balaban J connectivity index is 1.41. The molecule has 0 spiro atoms. The molecule has 0 atom stereocenters. The maximum atomic E-state index is 12.2. The molecule has 0 unspecified atom stereocenters. The molecule has 0 aliphatic rings. The summed E-state index contributed by atoms with van der Waals surface area (Å²) in [7, 11) is 1.64. The highest BCUT2D eigenvalue weighted by Crippen LogP contribution is 2.29. The summed E-state index contributed by atoms with van der Waals surface area (Å²) in [5.41, 5.74) is 5.37. The average molecular weight is 410 g/mol. The van der Waals surface area contributed by atoms with Crippen molar-refractivity contribution in [3.05, 3.63) is 96.6 Å². The summed E-state index contributed by atoms with van der Waals surface area (Å²) in [6.07, 6.45) is 1.62. The number of hydrogen-bond acceptors (Lipinski definition) is 4. The van der Waals surface area contributed by atoms with Gasteiger partial charge in [-0.1, -0.05) is 72.8 Å². The van der Waals surface area contributed by atoms with Gasteiger partial charge in [0, 0.05) is 16.5 Å². The number of amides is 1.